The zero-order valence-corrected chi connectivity index (χ0v) is 18.2. The van der Waals surface area contributed by atoms with Gasteiger partial charge in [-0.2, -0.15) is 11.3 Å². The van der Waals surface area contributed by atoms with Crippen LogP contribution in [0.4, 0.5) is 11.4 Å². The Kier molecular flexibility index (Phi) is 6.96. The van der Waals surface area contributed by atoms with E-state index in [0.29, 0.717) is 30.0 Å². The quantitative estimate of drug-likeness (QED) is 0.515. The zero-order chi connectivity index (χ0) is 21.6. The Balaban J connectivity index is 1.76. The molecule has 1 amide bonds. The van der Waals surface area contributed by atoms with Gasteiger partial charge in [-0.3, -0.25) is 9.52 Å². The first-order chi connectivity index (χ1) is 14.4. The minimum Gasteiger partial charge on any atom is -0.497 e. The number of sulfonamides is 1. The summed E-state index contributed by atoms with van der Waals surface area (Å²) in [6.07, 6.45) is 0.921. The van der Waals surface area contributed by atoms with Gasteiger partial charge in [-0.05, 0) is 71.3 Å². The number of ether oxygens (including phenoxy) is 2. The van der Waals surface area contributed by atoms with E-state index in [2.05, 4.69) is 10.0 Å². The van der Waals surface area contributed by atoms with Gasteiger partial charge in [0.2, 0.25) is 5.91 Å². The molecule has 0 spiro atoms. The summed E-state index contributed by atoms with van der Waals surface area (Å²) in [5.41, 5.74) is 1.85. The average molecular weight is 447 g/mol. The Morgan fingerprint density at radius 1 is 1.00 bits per heavy atom. The maximum atomic E-state index is 12.9. The van der Waals surface area contributed by atoms with Crippen LogP contribution in [0, 0.1) is 0 Å². The lowest BCUT2D eigenvalue weighted by Gasteiger charge is -2.14. The van der Waals surface area contributed by atoms with Crippen LogP contribution in [-0.2, 0) is 21.2 Å². The highest BCUT2D eigenvalue weighted by Crippen LogP contribution is 2.29. The van der Waals surface area contributed by atoms with E-state index in [1.165, 1.54) is 26.4 Å². The van der Waals surface area contributed by atoms with Crippen LogP contribution in [0.1, 0.15) is 12.0 Å². The number of anilines is 2. The number of benzene rings is 2. The number of carbonyl (C=O) groups is 1. The number of hydrogen-bond donors (Lipinski definition) is 2. The van der Waals surface area contributed by atoms with Crippen LogP contribution in [0.25, 0.3) is 0 Å². The van der Waals surface area contributed by atoms with E-state index in [1.807, 2.05) is 16.8 Å². The molecule has 2 aromatic carbocycles. The summed E-state index contributed by atoms with van der Waals surface area (Å²) in [5.74, 6) is 0.591. The highest BCUT2D eigenvalue weighted by molar-refractivity contribution is 7.92. The number of nitrogens with one attached hydrogen (secondary N) is 2. The summed E-state index contributed by atoms with van der Waals surface area (Å²) in [5, 5.41) is 6.71. The molecule has 0 radical (unpaired) electrons. The second-order valence-electron chi connectivity index (χ2n) is 6.38. The second kappa shape index (κ2) is 9.64. The number of hydrogen-bond acceptors (Lipinski definition) is 6. The molecule has 9 heteroatoms. The van der Waals surface area contributed by atoms with Gasteiger partial charge in [-0.25, -0.2) is 8.42 Å². The molecule has 158 valence electrons. The molecule has 30 heavy (non-hydrogen) atoms. The van der Waals surface area contributed by atoms with Crippen molar-refractivity contribution in [2.24, 2.45) is 0 Å². The van der Waals surface area contributed by atoms with Gasteiger partial charge in [-0.1, -0.05) is 0 Å². The van der Waals surface area contributed by atoms with Crippen molar-refractivity contribution in [1.82, 2.24) is 0 Å². The molecule has 3 aromatic rings. The molecule has 2 N–H and O–H groups in total. The van der Waals surface area contributed by atoms with Gasteiger partial charge in [0.05, 0.1) is 14.2 Å². The van der Waals surface area contributed by atoms with E-state index in [9.17, 15) is 13.2 Å². The van der Waals surface area contributed by atoms with Crippen molar-refractivity contribution in [1.29, 1.82) is 0 Å². The largest absolute Gasteiger partial charge is 0.497 e. The molecule has 3 rings (SSSR count). The van der Waals surface area contributed by atoms with Crippen LogP contribution in [0.3, 0.4) is 0 Å². The number of amides is 1. The summed E-state index contributed by atoms with van der Waals surface area (Å²) >= 11 is 1.58. The molecule has 1 heterocycles. The van der Waals surface area contributed by atoms with Gasteiger partial charge >= 0.3 is 0 Å². The van der Waals surface area contributed by atoms with Crippen molar-refractivity contribution in [3.63, 3.8) is 0 Å². The van der Waals surface area contributed by atoms with Crippen molar-refractivity contribution in [3.05, 3.63) is 64.9 Å². The highest BCUT2D eigenvalue weighted by atomic mass is 32.2. The van der Waals surface area contributed by atoms with Crippen molar-refractivity contribution in [3.8, 4) is 11.5 Å². The van der Waals surface area contributed by atoms with E-state index in [4.69, 9.17) is 9.47 Å². The number of aryl methyl sites for hydroxylation is 1. The van der Waals surface area contributed by atoms with Crippen LogP contribution < -0.4 is 19.5 Å². The molecule has 0 aliphatic rings. The fourth-order valence-corrected chi connectivity index (χ4v) is 4.71. The van der Waals surface area contributed by atoms with Gasteiger partial charge < -0.3 is 14.8 Å². The summed E-state index contributed by atoms with van der Waals surface area (Å²) in [6, 6.07) is 13.0. The third kappa shape index (κ3) is 5.52. The van der Waals surface area contributed by atoms with Gasteiger partial charge in [-0.15, -0.1) is 0 Å². The Morgan fingerprint density at radius 2 is 1.73 bits per heavy atom. The lowest BCUT2D eigenvalue weighted by Crippen LogP contribution is -2.16. The number of thiophene rings is 1. The maximum Gasteiger partial charge on any atom is 0.265 e. The van der Waals surface area contributed by atoms with Crippen molar-refractivity contribution in [2.45, 2.75) is 17.7 Å². The Labute approximate surface area is 179 Å². The van der Waals surface area contributed by atoms with E-state index in [1.54, 1.807) is 41.7 Å². The van der Waals surface area contributed by atoms with Crippen LogP contribution in [0.15, 0.2) is 64.2 Å². The summed E-state index contributed by atoms with van der Waals surface area (Å²) in [7, 11) is -1.03. The molecule has 0 saturated heterocycles. The molecule has 0 bridgehead atoms. The van der Waals surface area contributed by atoms with E-state index >= 15 is 0 Å². The molecule has 0 saturated carbocycles. The summed E-state index contributed by atoms with van der Waals surface area (Å²) in [6.45, 7) is 0. The van der Waals surface area contributed by atoms with Gasteiger partial charge in [0.15, 0.2) is 0 Å². The minimum absolute atomic E-state index is 0.0727. The molecular weight excluding hydrogens is 424 g/mol. The smallest absolute Gasteiger partial charge is 0.265 e. The van der Waals surface area contributed by atoms with Crippen LogP contribution in [0.5, 0.6) is 11.5 Å². The monoisotopic (exact) mass is 446 g/mol. The predicted octanol–water partition coefficient (Wildman–Crippen LogP) is 4.14. The normalized spacial score (nSPS) is 11.0. The van der Waals surface area contributed by atoms with Gasteiger partial charge in [0.1, 0.15) is 16.4 Å². The molecule has 0 unspecified atom stereocenters. The molecule has 0 aliphatic heterocycles. The van der Waals surface area contributed by atoms with Gasteiger partial charge in [0, 0.05) is 17.8 Å². The minimum atomic E-state index is -3.95. The standard InChI is InChI=1S/C21H22N2O5S2/c1-27-18-7-4-16(5-8-18)23-30(25,26)20-13-17(6-9-19(20)28-2)22-21(24)10-3-15-11-12-29-14-15/h4-9,11-14,23H,3,10H2,1-2H3,(H,22,24). The molecule has 0 fully saturated rings. The zero-order valence-electron chi connectivity index (χ0n) is 16.5. The summed E-state index contributed by atoms with van der Waals surface area (Å²) in [4.78, 5) is 12.2. The second-order valence-corrected chi connectivity index (χ2v) is 8.81. The van der Waals surface area contributed by atoms with E-state index in [-0.39, 0.29) is 16.6 Å². The Morgan fingerprint density at radius 3 is 2.37 bits per heavy atom. The molecule has 0 aliphatic carbocycles. The van der Waals surface area contributed by atoms with Gasteiger partial charge in [0.25, 0.3) is 10.0 Å². The topological polar surface area (TPSA) is 93.7 Å². The predicted molar refractivity (Wildman–Crippen MR) is 118 cm³/mol. The third-order valence-corrected chi connectivity index (χ3v) is 6.43. The average Bonchev–Trinajstić information content (AvgIpc) is 3.26. The number of rotatable bonds is 9. The third-order valence-electron chi connectivity index (χ3n) is 4.30. The van der Waals surface area contributed by atoms with E-state index in [0.717, 1.165) is 5.56 Å². The molecule has 1 aromatic heterocycles. The highest BCUT2D eigenvalue weighted by Gasteiger charge is 2.21. The Bertz CT molecular complexity index is 1090. The molecule has 7 nitrogen and oxygen atoms in total. The number of methoxy groups -OCH3 is 2. The van der Waals surface area contributed by atoms with Crippen LogP contribution in [0.2, 0.25) is 0 Å². The van der Waals surface area contributed by atoms with Crippen molar-refractivity contribution < 1.29 is 22.7 Å². The fraction of sp³-hybridized carbons (Fsp3) is 0.190. The first-order valence-corrected chi connectivity index (χ1v) is 11.5. The van der Waals surface area contributed by atoms with Crippen LogP contribution in [-0.4, -0.2) is 28.5 Å². The lowest BCUT2D eigenvalue weighted by atomic mass is 10.2. The molecular formula is C21H22N2O5S2. The fourth-order valence-electron chi connectivity index (χ4n) is 2.75. The lowest BCUT2D eigenvalue weighted by molar-refractivity contribution is -0.116. The van der Waals surface area contributed by atoms with E-state index < -0.39 is 10.0 Å². The SMILES string of the molecule is COc1ccc(NS(=O)(=O)c2cc(NC(=O)CCc3ccsc3)ccc2OC)cc1. The van der Waals surface area contributed by atoms with Crippen molar-refractivity contribution >= 4 is 38.6 Å². The first kappa shape index (κ1) is 21.7. The van der Waals surface area contributed by atoms with Crippen molar-refractivity contribution in [2.75, 3.05) is 24.3 Å². The van der Waals surface area contributed by atoms with Crippen LogP contribution >= 0.6 is 11.3 Å². The number of carbonyl (C=O) groups excluding carboxylic acids is 1. The Hall–Kier alpha value is -3.04. The first-order valence-electron chi connectivity index (χ1n) is 9.07. The molecule has 0 atom stereocenters. The summed E-state index contributed by atoms with van der Waals surface area (Å²) < 4.78 is 38.6. The maximum absolute atomic E-state index is 12.9.